The number of carboxylic acid groups (broad SMARTS) is 2. The quantitative estimate of drug-likeness (QED) is 0.0176. The van der Waals surface area contributed by atoms with Gasteiger partial charge in [0.1, 0.15) is 6.04 Å². The first-order valence-electron chi connectivity index (χ1n) is 27.9. The van der Waals surface area contributed by atoms with E-state index in [1.54, 1.807) is 0 Å². The molecule has 0 aromatic heterocycles. The van der Waals surface area contributed by atoms with Crippen LogP contribution in [0.1, 0.15) is 77.0 Å². The van der Waals surface area contributed by atoms with Crippen LogP contribution < -0.4 is 54.4 Å². The number of likely N-dealkylation sites (N-methyl/N-ethyl adjacent to an activating group) is 4. The SMILES string of the molecule is C[N+](C)(C)CCNC(=O)CCC(=O)[C@H](CS)NC(=O)CC[C@H](N)C(=O)NCC[N+](C)(C)C.C[N+](C)(C)CCNC(=O)CCC(=O)[C@H](CS)NC(=O)CC[C@H](N)C(=O)O.C[N+](C)(C)CCNC(=O)[C@@H](N)CCC(=O)N[C@@H](CS)C(=O)CCC(=O)O.[CH3-].[CH3-].[CH3-].[CH3-]. The summed E-state index contributed by atoms with van der Waals surface area (Å²) in [6, 6.07) is -5.18. The van der Waals surface area contributed by atoms with Crippen LogP contribution in [0.3, 0.4) is 0 Å². The minimum absolute atomic E-state index is 0. The zero-order chi connectivity index (χ0) is 65.6. The Kier molecular flexibility index (Phi) is 55.7. The molecule has 0 saturated heterocycles. The van der Waals surface area contributed by atoms with E-state index in [0.717, 1.165) is 39.6 Å². The minimum atomic E-state index is -1.18. The van der Waals surface area contributed by atoms with E-state index in [9.17, 15) is 57.5 Å². The molecule has 7 amide bonds. The zero-order valence-corrected chi connectivity index (χ0v) is 58.6. The van der Waals surface area contributed by atoms with Gasteiger partial charge in [0, 0.05) is 68.6 Å². The third kappa shape index (κ3) is 57.4. The number of aliphatic carboxylic acids is 2. The summed E-state index contributed by atoms with van der Waals surface area (Å²) in [6.45, 7) is 5.11. The molecule has 0 aliphatic carbocycles. The first kappa shape index (κ1) is 96.6. The number of rotatable bonds is 42. The molecular weight excluding hydrogens is 1200 g/mol. The smallest absolute Gasteiger partial charge is 0.320 e. The fraction of sp³-hybridized carbons (Fsp3) is 0.719. The van der Waals surface area contributed by atoms with Gasteiger partial charge >= 0.3 is 11.9 Å². The lowest BCUT2D eigenvalue weighted by atomic mass is 10.1. The zero-order valence-electron chi connectivity index (χ0n) is 55.9. The Bertz CT molecular complexity index is 2100. The van der Waals surface area contributed by atoms with Crippen LogP contribution in [0.2, 0.25) is 0 Å². The summed E-state index contributed by atoms with van der Waals surface area (Å²) in [7, 11) is 24.2. The van der Waals surface area contributed by atoms with Crippen molar-refractivity contribution in [3.63, 3.8) is 0 Å². The Morgan fingerprint density at radius 3 is 0.818 bits per heavy atom. The lowest BCUT2D eigenvalue weighted by Crippen LogP contribution is -2.47. The van der Waals surface area contributed by atoms with Gasteiger partial charge in [0.15, 0.2) is 17.3 Å². The molecule has 15 N–H and O–H groups in total. The van der Waals surface area contributed by atoms with Crippen LogP contribution in [-0.2, 0) is 57.5 Å². The molecule has 0 bridgehead atoms. The van der Waals surface area contributed by atoms with Crippen LogP contribution in [-0.4, -0.2) is 289 Å². The van der Waals surface area contributed by atoms with Crippen LogP contribution in [0.5, 0.6) is 0 Å². The average molecular weight is 1320 g/mol. The van der Waals surface area contributed by atoms with E-state index in [2.05, 4.69) is 75.1 Å². The fourth-order valence-corrected chi connectivity index (χ4v) is 7.37. The standard InChI is InChI=1S/C21H42N6O4S.2C16H30N4O5S.4CH3/c1-26(2,3)13-11-23-19(29)10-8-18(28)17(15-32)25-20(30)9-7-16(22)21(31)24-12-14-27(4,5)6;1-20(2,3)9-8-18-14(22)7-5-13(21)12(10-26)19-15(23)6-4-11(17)16(24)25;1-20(2,3)9-8-18-16(25)11(17)4-6-14(22)19-12(10-26)13(21)5-7-15(23)24;;;;/h16-17H,7-15,22H2,1-6H3,(H2-2,23,24,25,29,30,31,32);2*11-12H,4-10,17H2,1-3H3,(H3-,18,19,22,23,24,25,26);4*1H3/q;;;4*-1/p+4/t16-,17-;2*11-,12-;;;;/m000..../s1. The molecule has 0 aromatic rings. The number of quaternary nitrogens is 4. The third-order valence-corrected chi connectivity index (χ3v) is 13.0. The molecule has 0 radical (unpaired) electrons. The Hall–Kier alpha value is -4.99. The van der Waals surface area contributed by atoms with Crippen molar-refractivity contribution in [3.8, 4) is 0 Å². The van der Waals surface area contributed by atoms with Gasteiger partial charge in [-0.15, -0.1) is 0 Å². The van der Waals surface area contributed by atoms with Crippen molar-refractivity contribution in [1.29, 1.82) is 0 Å². The number of Topliss-reactive ketones (excluding diaryl/α,β-unsaturated/α-hetero) is 3. The van der Waals surface area contributed by atoms with Gasteiger partial charge in [-0.25, -0.2) is 0 Å². The largest absolute Gasteiger partial charge is 0.481 e. The van der Waals surface area contributed by atoms with E-state index in [1.807, 2.05) is 84.6 Å². The van der Waals surface area contributed by atoms with Crippen molar-refractivity contribution in [2.24, 2.45) is 17.2 Å². The summed E-state index contributed by atoms with van der Waals surface area (Å²) >= 11 is 12.2. The van der Waals surface area contributed by atoms with Gasteiger partial charge in [0.2, 0.25) is 41.4 Å². The number of nitrogens with two attached hydrogens (primary N) is 3. The van der Waals surface area contributed by atoms with Crippen LogP contribution in [0.15, 0.2) is 0 Å². The minimum Gasteiger partial charge on any atom is -0.481 e. The molecule has 88 heavy (non-hydrogen) atoms. The van der Waals surface area contributed by atoms with Crippen LogP contribution in [0.25, 0.3) is 0 Å². The van der Waals surface area contributed by atoms with Gasteiger partial charge in [0.05, 0.1) is 174 Å². The van der Waals surface area contributed by atoms with Crippen molar-refractivity contribution in [2.45, 2.75) is 113 Å². The number of carboxylic acids is 2. The van der Waals surface area contributed by atoms with E-state index in [-0.39, 0.29) is 165 Å². The van der Waals surface area contributed by atoms with E-state index >= 15 is 0 Å². The molecule has 0 fully saturated rings. The summed E-state index contributed by atoms with van der Waals surface area (Å²) in [5, 5.41) is 35.9. The van der Waals surface area contributed by atoms with E-state index < -0.39 is 65.8 Å². The van der Waals surface area contributed by atoms with Crippen LogP contribution >= 0.6 is 37.9 Å². The summed E-state index contributed by atoms with van der Waals surface area (Å²) in [5.41, 5.74) is 17.0. The molecule has 28 nitrogen and oxygen atoms in total. The molecule has 0 unspecified atom stereocenters. The van der Waals surface area contributed by atoms with E-state index in [4.69, 9.17) is 27.4 Å². The van der Waals surface area contributed by atoms with Gasteiger partial charge in [-0.05, 0) is 19.3 Å². The summed E-state index contributed by atoms with van der Waals surface area (Å²) in [4.78, 5) is 141. The summed E-state index contributed by atoms with van der Waals surface area (Å²) < 4.78 is 2.88. The predicted octanol–water partition coefficient (Wildman–Crippen LogP) is -2.17. The number of hydrogen-bond acceptors (Lipinski definition) is 18. The molecule has 0 rings (SSSR count). The number of nitrogens with one attached hydrogen (secondary N) is 7. The first-order chi connectivity index (χ1) is 38.6. The Morgan fingerprint density at radius 2 is 0.591 bits per heavy atom. The highest BCUT2D eigenvalue weighted by Crippen LogP contribution is 2.06. The normalized spacial score (nSPS) is 13.0. The summed E-state index contributed by atoms with van der Waals surface area (Å²) in [5.74, 6) is -5.22. The molecule has 0 aromatic carbocycles. The second-order valence-corrected chi connectivity index (χ2v) is 25.4. The van der Waals surface area contributed by atoms with E-state index in [0.29, 0.717) is 30.7 Å². The summed E-state index contributed by atoms with van der Waals surface area (Å²) in [6.07, 6.45) is -0.144. The number of thiol groups is 3. The van der Waals surface area contributed by atoms with Gasteiger partial charge in [-0.1, -0.05) is 0 Å². The van der Waals surface area contributed by atoms with Crippen molar-refractivity contribution < 1.29 is 85.7 Å². The van der Waals surface area contributed by atoms with Gasteiger partial charge in [-0.2, -0.15) is 37.9 Å². The number of carbonyl (C=O) groups excluding carboxylic acids is 10. The number of carbonyl (C=O) groups is 12. The molecule has 0 saturated carbocycles. The lowest BCUT2D eigenvalue weighted by Gasteiger charge is -2.24. The maximum atomic E-state index is 12.4. The van der Waals surface area contributed by atoms with Crippen LogP contribution in [0, 0.1) is 29.7 Å². The Labute approximate surface area is 543 Å². The predicted molar refractivity (Wildman–Crippen MR) is 356 cm³/mol. The van der Waals surface area contributed by atoms with Gasteiger partial charge < -0.3 is 112 Å². The maximum Gasteiger partial charge on any atom is 0.320 e. The molecule has 518 valence electrons. The Balaban J connectivity index is -0.000000220. The fourth-order valence-electron chi connectivity index (χ4n) is 6.48. The second-order valence-electron chi connectivity index (χ2n) is 24.3. The van der Waals surface area contributed by atoms with Gasteiger partial charge in [0.25, 0.3) is 0 Å². The number of nitrogens with zero attached hydrogens (tertiary/aromatic N) is 4. The third-order valence-electron chi connectivity index (χ3n) is 11.9. The molecule has 0 heterocycles. The second kappa shape index (κ2) is 50.7. The Morgan fingerprint density at radius 1 is 0.352 bits per heavy atom. The molecule has 0 aliphatic rings. The van der Waals surface area contributed by atoms with E-state index in [1.165, 1.54) is 0 Å². The molecule has 31 heteroatoms. The highest BCUT2D eigenvalue weighted by Gasteiger charge is 2.25. The number of ketones is 3. The molecular formula is C57H118N14O14S3. The lowest BCUT2D eigenvalue weighted by molar-refractivity contribution is -0.869. The highest BCUT2D eigenvalue weighted by atomic mass is 32.1. The molecule has 0 spiro atoms. The first-order valence-corrected chi connectivity index (χ1v) is 29.8. The van der Waals surface area contributed by atoms with Gasteiger partial charge in [-0.3, -0.25) is 57.5 Å². The maximum absolute atomic E-state index is 12.4. The number of hydrogen-bond donors (Lipinski definition) is 15. The number of amides is 7. The monoisotopic (exact) mass is 1320 g/mol. The van der Waals surface area contributed by atoms with Crippen molar-refractivity contribution >= 4 is 109 Å². The van der Waals surface area contributed by atoms with Crippen LogP contribution in [0.4, 0.5) is 0 Å². The topological polar surface area (TPSA) is 408 Å². The molecule has 6 atom stereocenters. The highest BCUT2D eigenvalue weighted by molar-refractivity contribution is 7.80. The van der Waals surface area contributed by atoms with Crippen molar-refractivity contribution in [1.82, 2.24) is 37.2 Å². The average Bonchev–Trinajstić information content (AvgIpc) is 3.37. The van der Waals surface area contributed by atoms with Crippen molar-refractivity contribution in [3.05, 3.63) is 29.7 Å². The molecule has 0 aliphatic heterocycles. The van der Waals surface area contributed by atoms with Crippen molar-refractivity contribution in [2.75, 3.05) is 154 Å².